The molecule has 1 saturated carbocycles. The highest BCUT2D eigenvalue weighted by atomic mass is 16.6. The Morgan fingerprint density at radius 2 is 1.81 bits per heavy atom. The summed E-state index contributed by atoms with van der Waals surface area (Å²) in [5.74, 6) is -1.02. The highest BCUT2D eigenvalue weighted by Crippen LogP contribution is 2.56. The third kappa shape index (κ3) is 5.80. The van der Waals surface area contributed by atoms with Crippen LogP contribution in [0.25, 0.3) is 0 Å². The minimum Gasteiger partial charge on any atom is -0.460 e. The van der Waals surface area contributed by atoms with Crippen LogP contribution in [0.4, 0.5) is 0 Å². The molecule has 1 aliphatic carbocycles. The number of hydrogen-bond acceptors (Lipinski definition) is 8. The fourth-order valence-electron chi connectivity index (χ4n) is 6.73. The van der Waals surface area contributed by atoms with E-state index >= 15 is 0 Å². The Hall–Kier alpha value is -1.93. The molecule has 3 aliphatic rings. The fraction of sp³-hybridized carbons (Fsp3) is 0.821. The molecule has 36 heavy (non-hydrogen) atoms. The van der Waals surface area contributed by atoms with Crippen LogP contribution in [0.5, 0.6) is 0 Å². The molecule has 0 amide bonds. The van der Waals surface area contributed by atoms with Crippen LogP contribution in [0.3, 0.4) is 0 Å². The Bertz CT molecular complexity index is 864. The van der Waals surface area contributed by atoms with Crippen LogP contribution in [-0.2, 0) is 33.3 Å². The van der Waals surface area contributed by atoms with Crippen LogP contribution in [-0.4, -0.2) is 58.6 Å². The zero-order valence-electron chi connectivity index (χ0n) is 22.9. The summed E-state index contributed by atoms with van der Waals surface area (Å²) in [6.07, 6.45) is 0.320. The quantitative estimate of drug-likeness (QED) is 0.324. The Kier molecular flexibility index (Phi) is 8.61. The monoisotopic (exact) mass is 508 g/mol. The van der Waals surface area contributed by atoms with Crippen molar-refractivity contribution in [1.29, 1.82) is 0 Å². The van der Waals surface area contributed by atoms with Crippen LogP contribution < -0.4 is 0 Å². The van der Waals surface area contributed by atoms with Crippen molar-refractivity contribution < 1.29 is 38.4 Å². The standard InChI is InChI=1S/C28H44O8/c1-9-10-23(31)36-28(8)12-11-22(34-18(6)30)27(7,32)14-21-24-16(4)20(33-17(5)29)13-19(15(2)3)25(24)26(28)35-21/h15,19-22,24-26,32H,4,9-14H2,1-3,5-8H3. The fourth-order valence-corrected chi connectivity index (χ4v) is 6.73. The molecule has 3 rings (SSSR count). The molecule has 0 aromatic carbocycles. The number of aliphatic hydroxyl groups is 1. The van der Waals surface area contributed by atoms with Crippen LogP contribution in [0, 0.1) is 23.7 Å². The highest BCUT2D eigenvalue weighted by molar-refractivity contribution is 5.70. The van der Waals surface area contributed by atoms with E-state index in [1.807, 2.05) is 13.8 Å². The van der Waals surface area contributed by atoms with E-state index in [1.165, 1.54) is 13.8 Å². The predicted octanol–water partition coefficient (Wildman–Crippen LogP) is 4.12. The van der Waals surface area contributed by atoms with E-state index in [4.69, 9.17) is 18.9 Å². The van der Waals surface area contributed by atoms with Crippen molar-refractivity contribution in [2.24, 2.45) is 23.7 Å². The van der Waals surface area contributed by atoms with Gasteiger partial charge in [0.1, 0.15) is 29.5 Å². The van der Waals surface area contributed by atoms with Gasteiger partial charge in [-0.05, 0) is 56.9 Å². The first-order valence-corrected chi connectivity index (χ1v) is 13.3. The van der Waals surface area contributed by atoms with Crippen molar-refractivity contribution in [3.8, 4) is 0 Å². The number of rotatable bonds is 6. The molecule has 0 aromatic rings. The lowest BCUT2D eigenvalue weighted by atomic mass is 9.59. The van der Waals surface area contributed by atoms with Gasteiger partial charge in [0, 0.05) is 38.5 Å². The molecule has 0 radical (unpaired) electrons. The molecule has 8 heteroatoms. The lowest BCUT2D eigenvalue weighted by Crippen LogP contribution is -2.54. The molecule has 2 aliphatic heterocycles. The number of ether oxygens (including phenoxy) is 4. The van der Waals surface area contributed by atoms with Crippen molar-refractivity contribution in [2.45, 2.75) is 123 Å². The molecule has 8 nitrogen and oxygen atoms in total. The molecule has 2 bridgehead atoms. The summed E-state index contributed by atoms with van der Waals surface area (Å²) in [7, 11) is 0. The van der Waals surface area contributed by atoms with E-state index in [-0.39, 0.29) is 42.0 Å². The molecule has 2 saturated heterocycles. The average molecular weight is 509 g/mol. The molecule has 2 heterocycles. The molecule has 0 spiro atoms. The van der Waals surface area contributed by atoms with Crippen LogP contribution in [0.2, 0.25) is 0 Å². The molecule has 9 atom stereocenters. The summed E-state index contributed by atoms with van der Waals surface area (Å²) in [5, 5.41) is 11.6. The zero-order chi connectivity index (χ0) is 27.0. The molecule has 0 aromatic heterocycles. The summed E-state index contributed by atoms with van der Waals surface area (Å²) < 4.78 is 24.2. The summed E-state index contributed by atoms with van der Waals surface area (Å²) >= 11 is 0. The molecular formula is C28H44O8. The minimum atomic E-state index is -1.38. The predicted molar refractivity (Wildman–Crippen MR) is 133 cm³/mol. The van der Waals surface area contributed by atoms with Crippen molar-refractivity contribution in [2.75, 3.05) is 0 Å². The van der Waals surface area contributed by atoms with Gasteiger partial charge in [-0.25, -0.2) is 0 Å². The summed E-state index contributed by atoms with van der Waals surface area (Å²) in [5.41, 5.74) is -1.61. The number of hydrogen-bond donors (Lipinski definition) is 1. The molecule has 3 fully saturated rings. The number of fused-ring (bicyclic) bond motifs is 5. The van der Waals surface area contributed by atoms with Crippen molar-refractivity contribution in [3.05, 3.63) is 12.2 Å². The third-order valence-corrected chi connectivity index (χ3v) is 8.40. The van der Waals surface area contributed by atoms with E-state index in [9.17, 15) is 19.5 Å². The maximum Gasteiger partial charge on any atom is 0.306 e. The summed E-state index contributed by atoms with van der Waals surface area (Å²) in [6.45, 7) is 16.8. The minimum absolute atomic E-state index is 0.0326. The number of esters is 3. The van der Waals surface area contributed by atoms with Gasteiger partial charge in [0.15, 0.2) is 0 Å². The highest BCUT2D eigenvalue weighted by Gasteiger charge is 2.62. The van der Waals surface area contributed by atoms with E-state index < -0.39 is 41.6 Å². The largest absolute Gasteiger partial charge is 0.460 e. The normalized spacial score (nSPS) is 40.5. The molecule has 9 unspecified atom stereocenters. The van der Waals surface area contributed by atoms with Gasteiger partial charge < -0.3 is 24.1 Å². The first kappa shape index (κ1) is 28.6. The van der Waals surface area contributed by atoms with Gasteiger partial charge in [0.25, 0.3) is 0 Å². The topological polar surface area (TPSA) is 108 Å². The van der Waals surface area contributed by atoms with E-state index in [0.717, 1.165) is 5.57 Å². The van der Waals surface area contributed by atoms with E-state index in [2.05, 4.69) is 20.4 Å². The molecular weight excluding hydrogens is 464 g/mol. The third-order valence-electron chi connectivity index (χ3n) is 8.40. The average Bonchev–Trinajstić information content (AvgIpc) is 3.12. The Labute approximate surface area is 215 Å². The molecule has 204 valence electrons. The van der Waals surface area contributed by atoms with Gasteiger partial charge in [0.2, 0.25) is 0 Å². The summed E-state index contributed by atoms with van der Waals surface area (Å²) in [6, 6.07) is 0. The molecule has 1 N–H and O–H groups in total. The van der Waals surface area contributed by atoms with E-state index in [0.29, 0.717) is 32.1 Å². The van der Waals surface area contributed by atoms with Gasteiger partial charge >= 0.3 is 17.9 Å². The van der Waals surface area contributed by atoms with Gasteiger partial charge in [-0.15, -0.1) is 0 Å². The Morgan fingerprint density at radius 1 is 1.17 bits per heavy atom. The second kappa shape index (κ2) is 10.8. The van der Waals surface area contributed by atoms with Crippen LogP contribution >= 0.6 is 0 Å². The van der Waals surface area contributed by atoms with Gasteiger partial charge in [-0.3, -0.25) is 14.4 Å². The number of carbonyl (C=O) groups excluding carboxylic acids is 3. The van der Waals surface area contributed by atoms with Crippen LogP contribution in [0.1, 0.15) is 87.0 Å². The van der Waals surface area contributed by atoms with Crippen molar-refractivity contribution in [1.82, 2.24) is 0 Å². The summed E-state index contributed by atoms with van der Waals surface area (Å²) in [4.78, 5) is 36.6. The van der Waals surface area contributed by atoms with Gasteiger partial charge in [0.05, 0.1) is 6.10 Å². The van der Waals surface area contributed by atoms with Gasteiger partial charge in [-0.2, -0.15) is 0 Å². The van der Waals surface area contributed by atoms with E-state index in [1.54, 1.807) is 6.92 Å². The first-order chi connectivity index (χ1) is 16.7. The second-order valence-corrected chi connectivity index (χ2v) is 11.7. The van der Waals surface area contributed by atoms with Crippen molar-refractivity contribution >= 4 is 17.9 Å². The lowest BCUT2D eigenvalue weighted by molar-refractivity contribution is -0.183. The maximum atomic E-state index is 12.8. The number of carbonyl (C=O) groups is 3. The zero-order valence-corrected chi connectivity index (χ0v) is 22.9. The smallest absolute Gasteiger partial charge is 0.306 e. The second-order valence-electron chi connectivity index (χ2n) is 11.7. The Balaban J connectivity index is 2.11. The maximum absolute atomic E-state index is 12.8. The Morgan fingerprint density at radius 3 is 2.36 bits per heavy atom. The first-order valence-electron chi connectivity index (χ1n) is 13.3. The van der Waals surface area contributed by atoms with Crippen LogP contribution in [0.15, 0.2) is 12.2 Å². The SMILES string of the molecule is C=C1C(OC(C)=O)CC(C(C)C)C2C1C1CC(C)(O)C(OC(C)=O)CCC(C)(OC(=O)CCC)C2O1. The van der Waals surface area contributed by atoms with Crippen molar-refractivity contribution in [3.63, 3.8) is 0 Å². The van der Waals surface area contributed by atoms with Gasteiger partial charge in [-0.1, -0.05) is 27.4 Å². The lowest BCUT2D eigenvalue weighted by Gasteiger charge is -2.47.